The van der Waals surface area contributed by atoms with Crippen molar-refractivity contribution in [1.29, 1.82) is 0 Å². The molecule has 0 unspecified atom stereocenters. The molecule has 2 aromatic rings. The number of nitrogens with zero attached hydrogens (tertiary/aromatic N) is 1. The maximum absolute atomic E-state index is 10.8. The van der Waals surface area contributed by atoms with Gasteiger partial charge in [-0.3, -0.25) is 4.79 Å². The van der Waals surface area contributed by atoms with Crippen LogP contribution in [0.5, 0.6) is 0 Å². The number of nitrogens with one attached hydrogen (secondary N) is 1. The van der Waals surface area contributed by atoms with Crippen molar-refractivity contribution in [2.24, 2.45) is 0 Å². The third kappa shape index (κ3) is 3.32. The topological polar surface area (TPSA) is 45.8 Å². The number of aromatic nitrogens is 2. The first-order valence-corrected chi connectivity index (χ1v) is 5.42. The number of rotatable bonds is 1. The van der Waals surface area contributed by atoms with Crippen LogP contribution in [-0.2, 0) is 0 Å². The second-order valence-corrected chi connectivity index (χ2v) is 3.03. The zero-order valence-electron chi connectivity index (χ0n) is 9.90. The van der Waals surface area contributed by atoms with Gasteiger partial charge in [0.2, 0.25) is 0 Å². The Hall–Kier alpha value is -2.34. The molecule has 86 valence electrons. The Morgan fingerprint density at radius 3 is 2.24 bits per heavy atom. The summed E-state index contributed by atoms with van der Waals surface area (Å²) in [5.74, 6) is 2.54. The minimum Gasteiger partial charge on any atom is -0.268 e. The van der Waals surface area contributed by atoms with Crippen molar-refractivity contribution >= 4 is 0 Å². The average molecular weight is 226 g/mol. The van der Waals surface area contributed by atoms with Crippen LogP contribution < -0.4 is 5.56 Å². The first-order chi connectivity index (χ1) is 8.29. The highest BCUT2D eigenvalue weighted by molar-refractivity contribution is 5.59. The fourth-order valence-corrected chi connectivity index (χ4v) is 1.24. The average Bonchev–Trinajstić information content (AvgIpc) is 2.42. The van der Waals surface area contributed by atoms with Gasteiger partial charge in [-0.2, -0.15) is 5.10 Å². The molecule has 1 heterocycles. The Labute approximate surface area is 101 Å². The molecule has 1 N–H and O–H groups in total. The minimum absolute atomic E-state index is 0.209. The fraction of sp³-hybridized carbons (Fsp3) is 0.143. The molecule has 0 aliphatic rings. The Morgan fingerprint density at radius 1 is 1.12 bits per heavy atom. The Balaban J connectivity index is 0.000000686. The van der Waals surface area contributed by atoms with Crippen LogP contribution >= 0.6 is 0 Å². The van der Waals surface area contributed by atoms with E-state index in [0.29, 0.717) is 0 Å². The lowest BCUT2D eigenvalue weighted by atomic mass is 10.1. The molecule has 1 aromatic carbocycles. The summed E-state index contributed by atoms with van der Waals surface area (Å²) in [6.45, 7) is 4.00. The molecule has 3 nitrogen and oxygen atoms in total. The Bertz CT molecular complexity index is 542. The van der Waals surface area contributed by atoms with E-state index >= 15 is 0 Å². The number of benzene rings is 1. The van der Waals surface area contributed by atoms with Crippen molar-refractivity contribution < 1.29 is 0 Å². The maximum atomic E-state index is 10.8. The van der Waals surface area contributed by atoms with E-state index in [0.717, 1.165) is 16.8 Å². The quantitative estimate of drug-likeness (QED) is 0.759. The highest BCUT2D eigenvalue weighted by atomic mass is 16.1. The molecular weight excluding hydrogens is 212 g/mol. The lowest BCUT2D eigenvalue weighted by Crippen LogP contribution is -2.05. The van der Waals surface area contributed by atoms with Gasteiger partial charge < -0.3 is 0 Å². The fourth-order valence-electron chi connectivity index (χ4n) is 1.24. The highest BCUT2D eigenvalue weighted by Crippen LogP contribution is 2.15. The summed E-state index contributed by atoms with van der Waals surface area (Å²) >= 11 is 0. The Morgan fingerprint density at radius 2 is 1.76 bits per heavy atom. The standard InChI is InChI=1S/C12H8N2O.C2H6/c1-2-9-3-5-10(6-4-9)11-7-8-12(15)14-13-11;1-2/h1,3-8H,(H,14,15);1-2H3. The monoisotopic (exact) mass is 226 g/mol. The van der Waals surface area contributed by atoms with Gasteiger partial charge in [-0.25, -0.2) is 5.10 Å². The summed E-state index contributed by atoms with van der Waals surface area (Å²) < 4.78 is 0. The van der Waals surface area contributed by atoms with Gasteiger partial charge in [-0.05, 0) is 18.2 Å². The molecule has 0 saturated heterocycles. The van der Waals surface area contributed by atoms with Crippen molar-refractivity contribution in [1.82, 2.24) is 10.2 Å². The van der Waals surface area contributed by atoms with Crippen LogP contribution in [0.15, 0.2) is 41.2 Å². The van der Waals surface area contributed by atoms with Crippen molar-refractivity contribution in [2.75, 3.05) is 0 Å². The highest BCUT2D eigenvalue weighted by Gasteiger charge is 1.98. The van der Waals surface area contributed by atoms with Crippen molar-refractivity contribution in [2.45, 2.75) is 13.8 Å². The number of terminal acetylenes is 1. The molecule has 0 bridgehead atoms. The summed E-state index contributed by atoms with van der Waals surface area (Å²) in [5, 5.41) is 6.30. The van der Waals surface area contributed by atoms with E-state index in [-0.39, 0.29) is 5.56 Å². The minimum atomic E-state index is -0.209. The van der Waals surface area contributed by atoms with Crippen molar-refractivity contribution in [3.8, 4) is 23.6 Å². The molecule has 0 spiro atoms. The first kappa shape index (κ1) is 12.7. The van der Waals surface area contributed by atoms with E-state index in [2.05, 4.69) is 16.1 Å². The van der Waals surface area contributed by atoms with Gasteiger partial charge in [0.25, 0.3) is 5.56 Å². The molecule has 0 aliphatic carbocycles. The molecule has 0 saturated carbocycles. The lowest BCUT2D eigenvalue weighted by molar-refractivity contribution is 0.995. The van der Waals surface area contributed by atoms with Crippen LogP contribution in [0.1, 0.15) is 19.4 Å². The predicted molar refractivity (Wildman–Crippen MR) is 69.6 cm³/mol. The third-order valence-electron chi connectivity index (χ3n) is 2.03. The SMILES string of the molecule is C#Cc1ccc(-c2ccc(=O)[nH]n2)cc1.CC. The van der Waals surface area contributed by atoms with Gasteiger partial charge in [0, 0.05) is 17.2 Å². The molecule has 0 fully saturated rings. The number of aromatic amines is 1. The second-order valence-electron chi connectivity index (χ2n) is 3.03. The predicted octanol–water partition coefficient (Wildman–Crippen LogP) is 2.44. The van der Waals surface area contributed by atoms with Gasteiger partial charge in [0.15, 0.2) is 0 Å². The van der Waals surface area contributed by atoms with Gasteiger partial charge in [-0.1, -0.05) is 31.9 Å². The van der Waals surface area contributed by atoms with Crippen LogP contribution in [0.25, 0.3) is 11.3 Å². The summed E-state index contributed by atoms with van der Waals surface area (Å²) in [7, 11) is 0. The zero-order chi connectivity index (χ0) is 12.7. The summed E-state index contributed by atoms with van der Waals surface area (Å²) in [6.07, 6.45) is 5.25. The van der Waals surface area contributed by atoms with Crippen LogP contribution in [0.3, 0.4) is 0 Å². The lowest BCUT2D eigenvalue weighted by Gasteiger charge is -1.98. The molecule has 3 heteroatoms. The molecule has 17 heavy (non-hydrogen) atoms. The summed E-state index contributed by atoms with van der Waals surface area (Å²) in [4.78, 5) is 10.8. The van der Waals surface area contributed by atoms with E-state index in [1.54, 1.807) is 6.07 Å². The second kappa shape index (κ2) is 6.29. The zero-order valence-corrected chi connectivity index (χ0v) is 9.90. The van der Waals surface area contributed by atoms with Crippen LogP contribution in [0.2, 0.25) is 0 Å². The van der Waals surface area contributed by atoms with Gasteiger partial charge >= 0.3 is 0 Å². The van der Waals surface area contributed by atoms with E-state index in [1.165, 1.54) is 6.07 Å². The van der Waals surface area contributed by atoms with Gasteiger partial charge in [0.05, 0.1) is 5.69 Å². The molecular formula is C14H14N2O. The number of hydrogen-bond acceptors (Lipinski definition) is 2. The summed E-state index contributed by atoms with van der Waals surface area (Å²) in [6, 6.07) is 10.5. The molecule has 0 aliphatic heterocycles. The molecule has 1 aromatic heterocycles. The first-order valence-electron chi connectivity index (χ1n) is 5.42. The smallest absolute Gasteiger partial charge is 0.264 e. The van der Waals surface area contributed by atoms with E-state index in [1.807, 2.05) is 38.1 Å². The van der Waals surface area contributed by atoms with Crippen LogP contribution in [0, 0.1) is 12.3 Å². The number of H-pyrrole nitrogens is 1. The van der Waals surface area contributed by atoms with E-state index in [9.17, 15) is 4.79 Å². The van der Waals surface area contributed by atoms with E-state index < -0.39 is 0 Å². The maximum Gasteiger partial charge on any atom is 0.264 e. The molecule has 0 amide bonds. The molecule has 0 atom stereocenters. The van der Waals surface area contributed by atoms with E-state index in [4.69, 9.17) is 6.42 Å². The summed E-state index contributed by atoms with van der Waals surface area (Å²) in [5.41, 5.74) is 2.26. The van der Waals surface area contributed by atoms with Gasteiger partial charge in [0.1, 0.15) is 0 Å². The van der Waals surface area contributed by atoms with Crippen LogP contribution in [-0.4, -0.2) is 10.2 Å². The van der Waals surface area contributed by atoms with Crippen LogP contribution in [0.4, 0.5) is 0 Å². The number of hydrogen-bond donors (Lipinski definition) is 1. The van der Waals surface area contributed by atoms with Crippen molar-refractivity contribution in [3.63, 3.8) is 0 Å². The normalized spacial score (nSPS) is 8.76. The third-order valence-corrected chi connectivity index (χ3v) is 2.03. The van der Waals surface area contributed by atoms with Crippen molar-refractivity contribution in [3.05, 3.63) is 52.3 Å². The molecule has 2 rings (SSSR count). The molecule has 0 radical (unpaired) electrons. The van der Waals surface area contributed by atoms with Gasteiger partial charge in [-0.15, -0.1) is 6.42 Å². The Kier molecular flexibility index (Phi) is 4.71. The largest absolute Gasteiger partial charge is 0.268 e.